The second kappa shape index (κ2) is 5.66. The number of nitrogens with zero attached hydrogens (tertiary/aromatic N) is 1. The van der Waals surface area contributed by atoms with E-state index in [9.17, 15) is 5.21 Å². The summed E-state index contributed by atoms with van der Waals surface area (Å²) in [5.41, 5.74) is 1.70. The van der Waals surface area contributed by atoms with Crippen LogP contribution < -0.4 is 0 Å². The molecule has 0 spiro atoms. The molecule has 0 bridgehead atoms. The predicted molar refractivity (Wildman–Crippen MR) is 71.3 cm³/mol. The van der Waals surface area contributed by atoms with Gasteiger partial charge in [0.15, 0.2) is 6.21 Å². The van der Waals surface area contributed by atoms with Crippen molar-refractivity contribution in [2.75, 3.05) is 0 Å². The maximum absolute atomic E-state index is 11.6. The molecule has 0 fully saturated rings. The Kier molecular flexibility index (Phi) is 3.71. The van der Waals surface area contributed by atoms with E-state index in [1.807, 2.05) is 54.6 Å². The summed E-state index contributed by atoms with van der Waals surface area (Å²) in [6, 6.07) is 19.0. The Morgan fingerprint density at radius 3 is 2.06 bits per heavy atom. The normalized spacial score (nSPS) is 11.9. The standard InChI is InChI=1S/C15H13NO/c17-16(15-11-5-2-6-12-15)13-7-10-14-8-3-1-4-9-14/h1-13H/b10-7?,16-13+. The third-order valence-electron chi connectivity index (χ3n) is 2.32. The summed E-state index contributed by atoms with van der Waals surface area (Å²) in [6.45, 7) is 0. The molecule has 0 aromatic heterocycles. The fraction of sp³-hybridized carbons (Fsp3) is 0. The molecule has 2 rings (SSSR count). The van der Waals surface area contributed by atoms with Crippen LogP contribution in [0.3, 0.4) is 0 Å². The predicted octanol–water partition coefficient (Wildman–Crippen LogP) is 3.61. The zero-order valence-electron chi connectivity index (χ0n) is 9.36. The van der Waals surface area contributed by atoms with Gasteiger partial charge in [-0.3, -0.25) is 0 Å². The highest BCUT2D eigenvalue weighted by molar-refractivity contribution is 5.75. The van der Waals surface area contributed by atoms with Gasteiger partial charge in [-0.1, -0.05) is 48.5 Å². The SMILES string of the molecule is [O-]/[N+](=C/C=Cc1ccccc1)c1ccccc1. The minimum absolute atomic E-state index is 0.630. The van der Waals surface area contributed by atoms with Gasteiger partial charge >= 0.3 is 0 Å². The van der Waals surface area contributed by atoms with Crippen molar-refractivity contribution in [3.05, 3.63) is 77.5 Å². The molecule has 0 amide bonds. The maximum Gasteiger partial charge on any atom is 0.216 e. The van der Waals surface area contributed by atoms with Gasteiger partial charge < -0.3 is 5.21 Å². The first kappa shape index (κ1) is 11.1. The summed E-state index contributed by atoms with van der Waals surface area (Å²) < 4.78 is 0.847. The molecule has 0 heterocycles. The molecule has 2 aromatic rings. The molecule has 0 radical (unpaired) electrons. The minimum atomic E-state index is 0.630. The maximum atomic E-state index is 11.6. The van der Waals surface area contributed by atoms with Crippen molar-refractivity contribution in [3.8, 4) is 0 Å². The quantitative estimate of drug-likeness (QED) is 0.338. The first-order valence-electron chi connectivity index (χ1n) is 5.44. The molecular weight excluding hydrogens is 210 g/mol. The molecule has 84 valence electrons. The van der Waals surface area contributed by atoms with Gasteiger partial charge in [0.05, 0.1) is 0 Å². The lowest BCUT2D eigenvalue weighted by molar-refractivity contribution is -0.354. The number of rotatable bonds is 3. The van der Waals surface area contributed by atoms with Gasteiger partial charge in [-0.25, -0.2) is 0 Å². The molecule has 0 aliphatic carbocycles. The zero-order chi connectivity index (χ0) is 11.9. The van der Waals surface area contributed by atoms with Crippen molar-refractivity contribution in [1.82, 2.24) is 0 Å². The van der Waals surface area contributed by atoms with Crippen LogP contribution in [0, 0.1) is 5.21 Å². The van der Waals surface area contributed by atoms with Crippen LogP contribution in [0.5, 0.6) is 0 Å². The van der Waals surface area contributed by atoms with Gasteiger partial charge in [0, 0.05) is 18.2 Å². The Morgan fingerprint density at radius 1 is 0.824 bits per heavy atom. The number of hydrogen-bond donors (Lipinski definition) is 0. The van der Waals surface area contributed by atoms with E-state index in [1.165, 1.54) is 6.21 Å². The third-order valence-corrected chi connectivity index (χ3v) is 2.32. The average molecular weight is 223 g/mol. The highest BCUT2D eigenvalue weighted by atomic mass is 16.5. The Labute approximate surface area is 101 Å². The fourth-order valence-corrected chi connectivity index (χ4v) is 1.46. The monoisotopic (exact) mass is 223 g/mol. The Balaban J connectivity index is 2.09. The molecule has 17 heavy (non-hydrogen) atoms. The van der Waals surface area contributed by atoms with E-state index in [1.54, 1.807) is 18.2 Å². The van der Waals surface area contributed by atoms with E-state index in [-0.39, 0.29) is 0 Å². The zero-order valence-corrected chi connectivity index (χ0v) is 9.36. The second-order valence-electron chi connectivity index (χ2n) is 3.58. The lowest BCUT2D eigenvalue weighted by Gasteiger charge is -1.99. The third kappa shape index (κ3) is 3.31. The van der Waals surface area contributed by atoms with E-state index < -0.39 is 0 Å². The van der Waals surface area contributed by atoms with Gasteiger partial charge in [-0.05, 0) is 11.6 Å². The minimum Gasteiger partial charge on any atom is -0.618 e. The van der Waals surface area contributed by atoms with Crippen molar-refractivity contribution >= 4 is 18.0 Å². The lowest BCUT2D eigenvalue weighted by Crippen LogP contribution is -1.94. The number of hydrogen-bond acceptors (Lipinski definition) is 1. The van der Waals surface area contributed by atoms with Gasteiger partial charge in [0.25, 0.3) is 0 Å². The van der Waals surface area contributed by atoms with Crippen molar-refractivity contribution in [2.45, 2.75) is 0 Å². The molecule has 0 atom stereocenters. The van der Waals surface area contributed by atoms with Crippen LogP contribution >= 0.6 is 0 Å². The summed E-state index contributed by atoms with van der Waals surface area (Å²) >= 11 is 0. The topological polar surface area (TPSA) is 26.1 Å². The van der Waals surface area contributed by atoms with E-state index in [0.29, 0.717) is 5.69 Å². The molecule has 0 N–H and O–H groups in total. The molecule has 0 aliphatic rings. The molecule has 0 aliphatic heterocycles. The first-order chi connectivity index (χ1) is 8.36. The van der Waals surface area contributed by atoms with Crippen LogP contribution in [-0.2, 0) is 0 Å². The van der Waals surface area contributed by atoms with Crippen LogP contribution in [0.25, 0.3) is 6.08 Å². The number of allylic oxidation sites excluding steroid dienone is 1. The van der Waals surface area contributed by atoms with Gasteiger partial charge in [0.1, 0.15) is 0 Å². The largest absolute Gasteiger partial charge is 0.618 e. The Morgan fingerprint density at radius 2 is 1.41 bits per heavy atom. The highest BCUT2D eigenvalue weighted by Crippen LogP contribution is 2.08. The second-order valence-corrected chi connectivity index (χ2v) is 3.58. The van der Waals surface area contributed by atoms with E-state index in [0.717, 1.165) is 10.3 Å². The first-order valence-corrected chi connectivity index (χ1v) is 5.44. The smallest absolute Gasteiger partial charge is 0.216 e. The van der Waals surface area contributed by atoms with Crippen LogP contribution in [0.4, 0.5) is 5.69 Å². The van der Waals surface area contributed by atoms with E-state index >= 15 is 0 Å². The van der Waals surface area contributed by atoms with E-state index in [2.05, 4.69) is 0 Å². The lowest BCUT2D eigenvalue weighted by atomic mass is 10.2. The van der Waals surface area contributed by atoms with Crippen LogP contribution in [0.2, 0.25) is 0 Å². The number of benzene rings is 2. The van der Waals surface area contributed by atoms with Crippen LogP contribution in [-0.4, -0.2) is 11.0 Å². The molecule has 0 unspecified atom stereocenters. The van der Waals surface area contributed by atoms with Crippen LogP contribution in [0.15, 0.2) is 66.7 Å². The summed E-state index contributed by atoms with van der Waals surface area (Å²) in [4.78, 5) is 0. The van der Waals surface area contributed by atoms with Crippen molar-refractivity contribution in [3.63, 3.8) is 0 Å². The summed E-state index contributed by atoms with van der Waals surface area (Å²) in [5.74, 6) is 0. The van der Waals surface area contributed by atoms with Crippen molar-refractivity contribution in [2.24, 2.45) is 0 Å². The number of para-hydroxylation sites is 1. The van der Waals surface area contributed by atoms with Crippen molar-refractivity contribution in [1.29, 1.82) is 0 Å². The molecular formula is C15H13NO. The van der Waals surface area contributed by atoms with Crippen LogP contribution in [0.1, 0.15) is 5.56 Å². The van der Waals surface area contributed by atoms with Crippen molar-refractivity contribution < 1.29 is 4.74 Å². The summed E-state index contributed by atoms with van der Waals surface area (Å²) in [6.07, 6.45) is 5.14. The Hall–Kier alpha value is -2.35. The van der Waals surface area contributed by atoms with E-state index in [4.69, 9.17) is 0 Å². The molecule has 2 nitrogen and oxygen atoms in total. The molecule has 2 heteroatoms. The van der Waals surface area contributed by atoms with Gasteiger partial charge in [-0.2, -0.15) is 4.74 Å². The summed E-state index contributed by atoms with van der Waals surface area (Å²) in [7, 11) is 0. The molecule has 0 saturated heterocycles. The highest BCUT2D eigenvalue weighted by Gasteiger charge is 1.95. The van der Waals surface area contributed by atoms with Gasteiger partial charge in [0.2, 0.25) is 5.69 Å². The fourth-order valence-electron chi connectivity index (χ4n) is 1.46. The Bertz CT molecular complexity index is 515. The molecule has 2 aromatic carbocycles. The summed E-state index contributed by atoms with van der Waals surface area (Å²) in [5, 5.41) is 11.6. The molecule has 0 saturated carbocycles. The van der Waals surface area contributed by atoms with Gasteiger partial charge in [-0.15, -0.1) is 0 Å². The average Bonchev–Trinajstić information content (AvgIpc) is 2.41.